The van der Waals surface area contributed by atoms with Gasteiger partial charge < -0.3 is 10.5 Å². The van der Waals surface area contributed by atoms with Crippen molar-refractivity contribution in [2.45, 2.75) is 39.2 Å². The van der Waals surface area contributed by atoms with Gasteiger partial charge in [0.1, 0.15) is 5.75 Å². The van der Waals surface area contributed by atoms with Crippen molar-refractivity contribution in [1.29, 1.82) is 0 Å². The Hall–Kier alpha value is -1.02. The fraction of sp³-hybridized carbons (Fsp3) is 0.538. The quantitative estimate of drug-likeness (QED) is 0.726. The highest BCUT2D eigenvalue weighted by molar-refractivity contribution is 5.28. The van der Waals surface area contributed by atoms with Gasteiger partial charge in [-0.05, 0) is 30.5 Å². The fourth-order valence-corrected chi connectivity index (χ4v) is 1.38. The second-order valence-electron chi connectivity index (χ2n) is 3.79. The van der Waals surface area contributed by atoms with Gasteiger partial charge in [-0.25, -0.2) is 0 Å². The molecule has 0 fully saturated rings. The summed E-state index contributed by atoms with van der Waals surface area (Å²) in [5.74, 6) is 0.940. The molecule has 15 heavy (non-hydrogen) atoms. The molecule has 84 valence electrons. The number of rotatable bonds is 6. The molecule has 0 bridgehead atoms. The number of ether oxygens (including phenoxy) is 1. The maximum Gasteiger partial charge on any atom is 0.119 e. The highest BCUT2D eigenvalue weighted by Crippen LogP contribution is 2.18. The van der Waals surface area contributed by atoms with Gasteiger partial charge in [-0.3, -0.25) is 0 Å². The molecule has 0 aliphatic carbocycles. The molecule has 0 aliphatic rings. The molecule has 0 heterocycles. The van der Waals surface area contributed by atoms with Crippen LogP contribution in [0.5, 0.6) is 5.75 Å². The normalized spacial score (nSPS) is 12.5. The number of nitrogens with two attached hydrogens (primary N) is 1. The van der Waals surface area contributed by atoms with Gasteiger partial charge >= 0.3 is 0 Å². The summed E-state index contributed by atoms with van der Waals surface area (Å²) in [6.07, 6.45) is 3.24. The minimum atomic E-state index is 0.148. The summed E-state index contributed by atoms with van der Waals surface area (Å²) in [4.78, 5) is 0. The Morgan fingerprint density at radius 2 is 1.87 bits per heavy atom. The lowest BCUT2D eigenvalue weighted by Crippen LogP contribution is -2.08. The van der Waals surface area contributed by atoms with E-state index in [0.29, 0.717) is 0 Å². The maximum atomic E-state index is 5.93. The zero-order valence-electron chi connectivity index (χ0n) is 9.70. The molecule has 2 heteroatoms. The molecule has 0 saturated carbocycles. The molecule has 0 spiro atoms. The number of hydrogen-bond donors (Lipinski definition) is 1. The molecule has 1 rings (SSSR count). The first-order chi connectivity index (χ1) is 7.27. The van der Waals surface area contributed by atoms with E-state index in [1.165, 1.54) is 12.0 Å². The van der Waals surface area contributed by atoms with Crippen LogP contribution in [0.15, 0.2) is 24.3 Å². The molecule has 2 nitrogen and oxygen atoms in total. The number of hydrogen-bond acceptors (Lipinski definition) is 2. The monoisotopic (exact) mass is 207 g/mol. The Balaban J connectivity index is 2.49. The van der Waals surface area contributed by atoms with E-state index >= 15 is 0 Å². The van der Waals surface area contributed by atoms with E-state index in [9.17, 15) is 0 Å². The predicted molar refractivity (Wildman–Crippen MR) is 64.1 cm³/mol. The van der Waals surface area contributed by atoms with Crippen molar-refractivity contribution in [3.8, 4) is 5.75 Å². The summed E-state index contributed by atoms with van der Waals surface area (Å²) in [7, 11) is 0. The molecule has 1 atom stereocenters. The van der Waals surface area contributed by atoms with Crippen LogP contribution in [-0.4, -0.2) is 6.61 Å². The summed E-state index contributed by atoms with van der Waals surface area (Å²) in [5, 5.41) is 0. The van der Waals surface area contributed by atoms with Gasteiger partial charge in [0.25, 0.3) is 0 Å². The third-order valence-corrected chi connectivity index (χ3v) is 2.51. The standard InChI is InChI=1S/C13H21NO/c1-3-5-10-15-12-8-6-11(7-9-12)13(14)4-2/h6-9,13H,3-5,10,14H2,1-2H3/t13-/m1/s1. The molecule has 0 aliphatic heterocycles. The molecular weight excluding hydrogens is 186 g/mol. The van der Waals surface area contributed by atoms with Crippen LogP contribution in [0.3, 0.4) is 0 Å². The first-order valence-corrected chi connectivity index (χ1v) is 5.76. The lowest BCUT2D eigenvalue weighted by atomic mass is 10.1. The Morgan fingerprint density at radius 3 is 2.40 bits per heavy atom. The van der Waals surface area contributed by atoms with Crippen molar-refractivity contribution in [1.82, 2.24) is 0 Å². The first kappa shape index (κ1) is 12.1. The number of benzene rings is 1. The fourth-order valence-electron chi connectivity index (χ4n) is 1.38. The van der Waals surface area contributed by atoms with Crippen molar-refractivity contribution in [3.05, 3.63) is 29.8 Å². The minimum Gasteiger partial charge on any atom is -0.494 e. The Labute approximate surface area is 92.4 Å². The Kier molecular flexibility index (Phi) is 5.19. The van der Waals surface area contributed by atoms with E-state index in [1.54, 1.807) is 0 Å². The summed E-state index contributed by atoms with van der Waals surface area (Å²) in [6, 6.07) is 8.25. The van der Waals surface area contributed by atoms with Crippen LogP contribution < -0.4 is 10.5 Å². The van der Waals surface area contributed by atoms with Crippen LogP contribution >= 0.6 is 0 Å². The molecule has 0 unspecified atom stereocenters. The van der Waals surface area contributed by atoms with Gasteiger partial charge in [0.05, 0.1) is 6.61 Å². The molecule has 1 aromatic rings. The molecule has 0 radical (unpaired) electrons. The third-order valence-electron chi connectivity index (χ3n) is 2.51. The maximum absolute atomic E-state index is 5.93. The van der Waals surface area contributed by atoms with E-state index in [-0.39, 0.29) is 6.04 Å². The number of unbranched alkanes of at least 4 members (excludes halogenated alkanes) is 1. The summed E-state index contributed by atoms with van der Waals surface area (Å²) in [6.45, 7) is 5.05. The van der Waals surface area contributed by atoms with Gasteiger partial charge in [-0.1, -0.05) is 32.4 Å². The van der Waals surface area contributed by atoms with Crippen LogP contribution in [0, 0.1) is 0 Å². The van der Waals surface area contributed by atoms with Crippen LogP contribution in [0.2, 0.25) is 0 Å². The molecule has 1 aromatic carbocycles. The Morgan fingerprint density at radius 1 is 1.20 bits per heavy atom. The van der Waals surface area contributed by atoms with Crippen molar-refractivity contribution in [3.63, 3.8) is 0 Å². The second kappa shape index (κ2) is 6.46. The zero-order valence-corrected chi connectivity index (χ0v) is 9.70. The van der Waals surface area contributed by atoms with Gasteiger partial charge in [0, 0.05) is 6.04 Å². The second-order valence-corrected chi connectivity index (χ2v) is 3.79. The minimum absolute atomic E-state index is 0.148. The summed E-state index contributed by atoms with van der Waals surface area (Å²) >= 11 is 0. The predicted octanol–water partition coefficient (Wildman–Crippen LogP) is 3.28. The highest BCUT2D eigenvalue weighted by Gasteiger charge is 2.02. The summed E-state index contributed by atoms with van der Waals surface area (Å²) in [5.41, 5.74) is 7.11. The van der Waals surface area contributed by atoms with Crippen LogP contribution in [-0.2, 0) is 0 Å². The lowest BCUT2D eigenvalue weighted by Gasteiger charge is -2.10. The summed E-state index contributed by atoms with van der Waals surface area (Å²) < 4.78 is 5.57. The average molecular weight is 207 g/mol. The topological polar surface area (TPSA) is 35.2 Å². The SMILES string of the molecule is CCCCOc1ccc([C@H](N)CC)cc1. The van der Waals surface area contributed by atoms with E-state index in [4.69, 9.17) is 10.5 Å². The highest BCUT2D eigenvalue weighted by atomic mass is 16.5. The third kappa shape index (κ3) is 3.92. The van der Waals surface area contributed by atoms with Crippen LogP contribution in [0.4, 0.5) is 0 Å². The van der Waals surface area contributed by atoms with E-state index in [1.807, 2.05) is 12.1 Å². The Bertz CT molecular complexity index is 268. The largest absolute Gasteiger partial charge is 0.494 e. The smallest absolute Gasteiger partial charge is 0.119 e. The van der Waals surface area contributed by atoms with Gasteiger partial charge in [-0.15, -0.1) is 0 Å². The lowest BCUT2D eigenvalue weighted by molar-refractivity contribution is 0.309. The van der Waals surface area contributed by atoms with Crippen molar-refractivity contribution in [2.24, 2.45) is 5.73 Å². The van der Waals surface area contributed by atoms with Crippen molar-refractivity contribution in [2.75, 3.05) is 6.61 Å². The van der Waals surface area contributed by atoms with Crippen molar-refractivity contribution >= 4 is 0 Å². The van der Waals surface area contributed by atoms with Crippen molar-refractivity contribution < 1.29 is 4.74 Å². The van der Waals surface area contributed by atoms with Crippen LogP contribution in [0.25, 0.3) is 0 Å². The van der Waals surface area contributed by atoms with E-state index in [2.05, 4.69) is 26.0 Å². The molecule has 0 amide bonds. The molecular formula is C13H21NO. The average Bonchev–Trinajstić information content (AvgIpc) is 2.29. The van der Waals surface area contributed by atoms with Crippen LogP contribution in [0.1, 0.15) is 44.7 Å². The molecule has 0 saturated heterocycles. The van der Waals surface area contributed by atoms with Gasteiger partial charge in [0.15, 0.2) is 0 Å². The van der Waals surface area contributed by atoms with E-state index < -0.39 is 0 Å². The molecule has 0 aromatic heterocycles. The first-order valence-electron chi connectivity index (χ1n) is 5.76. The van der Waals surface area contributed by atoms with E-state index in [0.717, 1.165) is 25.2 Å². The zero-order chi connectivity index (χ0) is 11.1. The molecule has 2 N–H and O–H groups in total. The van der Waals surface area contributed by atoms with Gasteiger partial charge in [0.2, 0.25) is 0 Å². The van der Waals surface area contributed by atoms with Gasteiger partial charge in [-0.2, -0.15) is 0 Å².